The lowest BCUT2D eigenvalue weighted by Gasteiger charge is -2.11. The minimum atomic E-state index is -4.55. The number of hydrogen-bond acceptors (Lipinski definition) is 4. The Hall–Kier alpha value is -3.53. The molecule has 160 valence electrons. The lowest BCUT2D eigenvalue weighted by Crippen LogP contribution is -2.29. The standard InChI is InChI=1S/C20H14ClF3N4O3/c1-27-16-15(17(29)26-18(27)30)28(10-11-5-7-13(21)8-6-11)19(25-16)31-14-4-2-3-12(9-14)20(22,23)24/h2-9H,10H2,1H3,(H,26,29,30). The molecule has 1 N–H and O–H groups in total. The number of nitrogens with zero attached hydrogens (tertiary/aromatic N) is 3. The Kier molecular flexibility index (Phi) is 5.10. The van der Waals surface area contributed by atoms with Crippen LogP contribution in [0.2, 0.25) is 5.02 Å². The molecule has 2 aromatic carbocycles. The predicted octanol–water partition coefficient (Wildman–Crippen LogP) is 3.94. The van der Waals surface area contributed by atoms with Crippen LogP contribution in [-0.2, 0) is 19.8 Å². The Bertz CT molecular complexity index is 1390. The smallest absolute Gasteiger partial charge is 0.416 e. The maximum absolute atomic E-state index is 13.1. The van der Waals surface area contributed by atoms with E-state index in [-0.39, 0.29) is 29.5 Å². The molecule has 7 nitrogen and oxygen atoms in total. The number of halogens is 4. The number of rotatable bonds is 4. The molecule has 4 aromatic rings. The normalized spacial score (nSPS) is 11.8. The van der Waals surface area contributed by atoms with E-state index in [1.54, 1.807) is 24.3 Å². The number of alkyl halides is 3. The molecule has 4 rings (SSSR count). The first-order valence-electron chi connectivity index (χ1n) is 8.92. The quantitative estimate of drug-likeness (QED) is 0.510. The van der Waals surface area contributed by atoms with E-state index in [0.717, 1.165) is 22.3 Å². The first kappa shape index (κ1) is 20.7. The van der Waals surface area contributed by atoms with E-state index < -0.39 is 23.0 Å². The summed E-state index contributed by atoms with van der Waals surface area (Å²) in [7, 11) is 1.41. The fourth-order valence-corrected chi connectivity index (χ4v) is 3.18. The molecule has 0 spiro atoms. The second kappa shape index (κ2) is 7.62. The van der Waals surface area contributed by atoms with E-state index in [2.05, 4.69) is 9.97 Å². The highest BCUT2D eigenvalue weighted by molar-refractivity contribution is 6.30. The van der Waals surface area contributed by atoms with Crippen LogP contribution in [0.15, 0.2) is 58.1 Å². The molecule has 2 heterocycles. The number of aryl methyl sites for hydroxylation is 1. The molecule has 0 bridgehead atoms. The van der Waals surface area contributed by atoms with Gasteiger partial charge in [-0.05, 0) is 35.9 Å². The van der Waals surface area contributed by atoms with Gasteiger partial charge < -0.3 is 4.74 Å². The number of benzene rings is 2. The van der Waals surface area contributed by atoms with Gasteiger partial charge in [0.1, 0.15) is 5.75 Å². The number of hydrogen-bond donors (Lipinski definition) is 1. The van der Waals surface area contributed by atoms with Crippen molar-refractivity contribution in [2.75, 3.05) is 0 Å². The summed E-state index contributed by atoms with van der Waals surface area (Å²) in [4.78, 5) is 30.9. The van der Waals surface area contributed by atoms with Gasteiger partial charge in [0.25, 0.3) is 5.56 Å². The summed E-state index contributed by atoms with van der Waals surface area (Å²) >= 11 is 5.91. The van der Waals surface area contributed by atoms with E-state index >= 15 is 0 Å². The Labute approximate surface area is 177 Å². The third-order valence-electron chi connectivity index (χ3n) is 4.60. The number of imidazole rings is 1. The van der Waals surface area contributed by atoms with Gasteiger partial charge in [0.05, 0.1) is 12.1 Å². The zero-order chi connectivity index (χ0) is 22.3. The minimum absolute atomic E-state index is 0.0321. The maximum Gasteiger partial charge on any atom is 0.416 e. The Morgan fingerprint density at radius 1 is 1.13 bits per heavy atom. The molecule has 0 unspecified atom stereocenters. The van der Waals surface area contributed by atoms with Crippen LogP contribution in [0.4, 0.5) is 13.2 Å². The van der Waals surface area contributed by atoms with Gasteiger partial charge in [-0.2, -0.15) is 18.2 Å². The van der Waals surface area contributed by atoms with Crippen molar-refractivity contribution in [3.05, 3.63) is 85.5 Å². The van der Waals surface area contributed by atoms with Crippen LogP contribution in [0.1, 0.15) is 11.1 Å². The molecular weight excluding hydrogens is 437 g/mol. The second-order valence-electron chi connectivity index (χ2n) is 6.73. The molecule has 0 radical (unpaired) electrons. The van der Waals surface area contributed by atoms with Crippen LogP contribution in [0.5, 0.6) is 11.8 Å². The summed E-state index contributed by atoms with van der Waals surface area (Å²) < 4.78 is 47.3. The maximum atomic E-state index is 13.1. The molecule has 0 aliphatic heterocycles. The largest absolute Gasteiger partial charge is 0.425 e. The molecule has 0 saturated heterocycles. The zero-order valence-electron chi connectivity index (χ0n) is 15.9. The Balaban J connectivity index is 1.87. The number of H-pyrrole nitrogens is 1. The highest BCUT2D eigenvalue weighted by Gasteiger charge is 2.31. The minimum Gasteiger partial charge on any atom is -0.425 e. The van der Waals surface area contributed by atoms with Crippen LogP contribution in [0.3, 0.4) is 0 Å². The summed E-state index contributed by atoms with van der Waals surface area (Å²) in [6.07, 6.45) is -4.55. The van der Waals surface area contributed by atoms with Crippen LogP contribution in [0, 0.1) is 0 Å². The van der Waals surface area contributed by atoms with Crippen molar-refractivity contribution in [1.29, 1.82) is 0 Å². The molecule has 0 aliphatic carbocycles. The van der Waals surface area contributed by atoms with Gasteiger partial charge in [-0.15, -0.1) is 0 Å². The number of aromatic amines is 1. The average molecular weight is 451 g/mol. The van der Waals surface area contributed by atoms with Crippen LogP contribution >= 0.6 is 11.6 Å². The van der Waals surface area contributed by atoms with Gasteiger partial charge in [0.15, 0.2) is 11.2 Å². The van der Waals surface area contributed by atoms with E-state index in [1.165, 1.54) is 23.7 Å². The van der Waals surface area contributed by atoms with Crippen molar-refractivity contribution in [3.8, 4) is 11.8 Å². The molecule has 0 fully saturated rings. The van der Waals surface area contributed by atoms with Gasteiger partial charge in [0, 0.05) is 12.1 Å². The molecule has 0 atom stereocenters. The first-order valence-corrected chi connectivity index (χ1v) is 9.30. The van der Waals surface area contributed by atoms with Gasteiger partial charge >= 0.3 is 17.9 Å². The van der Waals surface area contributed by atoms with Crippen LogP contribution in [-0.4, -0.2) is 19.1 Å². The van der Waals surface area contributed by atoms with Gasteiger partial charge in [-0.1, -0.05) is 29.8 Å². The van der Waals surface area contributed by atoms with E-state index in [0.29, 0.717) is 5.02 Å². The first-order chi connectivity index (χ1) is 14.6. The number of ether oxygens (including phenoxy) is 1. The summed E-state index contributed by atoms with van der Waals surface area (Å²) in [5.74, 6) is -0.121. The predicted molar refractivity (Wildman–Crippen MR) is 108 cm³/mol. The van der Waals surface area contributed by atoms with Crippen molar-refractivity contribution in [2.24, 2.45) is 7.05 Å². The number of aromatic nitrogens is 4. The van der Waals surface area contributed by atoms with Crippen LogP contribution in [0.25, 0.3) is 11.2 Å². The summed E-state index contributed by atoms with van der Waals surface area (Å²) in [5, 5.41) is 0.514. The monoisotopic (exact) mass is 450 g/mol. The van der Waals surface area contributed by atoms with Crippen molar-refractivity contribution in [2.45, 2.75) is 12.7 Å². The highest BCUT2D eigenvalue weighted by atomic mass is 35.5. The van der Waals surface area contributed by atoms with Gasteiger partial charge in [-0.3, -0.25) is 18.9 Å². The Morgan fingerprint density at radius 3 is 2.52 bits per heavy atom. The highest BCUT2D eigenvalue weighted by Crippen LogP contribution is 2.33. The van der Waals surface area contributed by atoms with Crippen molar-refractivity contribution in [3.63, 3.8) is 0 Å². The van der Waals surface area contributed by atoms with Gasteiger partial charge in [0.2, 0.25) is 0 Å². The molecule has 0 amide bonds. The molecular formula is C20H14ClF3N4O3. The van der Waals surface area contributed by atoms with E-state index in [9.17, 15) is 22.8 Å². The van der Waals surface area contributed by atoms with E-state index in [4.69, 9.17) is 16.3 Å². The molecule has 11 heteroatoms. The number of fused-ring (bicyclic) bond motifs is 1. The molecule has 2 aromatic heterocycles. The summed E-state index contributed by atoms with van der Waals surface area (Å²) in [5.41, 5.74) is -1.47. The summed E-state index contributed by atoms with van der Waals surface area (Å²) in [6, 6.07) is 10.9. The van der Waals surface area contributed by atoms with E-state index in [1.807, 2.05) is 0 Å². The van der Waals surface area contributed by atoms with Crippen LogP contribution < -0.4 is 16.0 Å². The third-order valence-corrected chi connectivity index (χ3v) is 4.85. The molecule has 0 aliphatic rings. The molecule has 31 heavy (non-hydrogen) atoms. The third kappa shape index (κ3) is 4.06. The Morgan fingerprint density at radius 2 is 1.84 bits per heavy atom. The van der Waals surface area contributed by atoms with Gasteiger partial charge in [-0.25, -0.2) is 4.79 Å². The average Bonchev–Trinajstić information content (AvgIpc) is 3.06. The molecule has 0 saturated carbocycles. The second-order valence-corrected chi connectivity index (χ2v) is 7.16. The lowest BCUT2D eigenvalue weighted by atomic mass is 10.2. The fraction of sp³-hybridized carbons (Fsp3) is 0.150. The van der Waals surface area contributed by atoms with Crippen molar-refractivity contribution in [1.82, 2.24) is 19.1 Å². The topological polar surface area (TPSA) is 81.9 Å². The zero-order valence-corrected chi connectivity index (χ0v) is 16.7. The fourth-order valence-electron chi connectivity index (χ4n) is 3.05. The SMILES string of the molecule is Cn1c(=O)[nH]c(=O)c2c1nc(Oc1cccc(C(F)(F)F)c1)n2Cc1ccc(Cl)cc1. The number of nitrogens with one attached hydrogen (secondary N) is 1. The summed E-state index contributed by atoms with van der Waals surface area (Å²) in [6.45, 7) is 0.100. The lowest BCUT2D eigenvalue weighted by molar-refractivity contribution is -0.137. The van der Waals surface area contributed by atoms with Crippen molar-refractivity contribution >= 4 is 22.8 Å². The van der Waals surface area contributed by atoms with Crippen molar-refractivity contribution < 1.29 is 17.9 Å².